The van der Waals surface area contributed by atoms with Crippen molar-refractivity contribution in [2.45, 2.75) is 36.6 Å². The molecule has 0 aliphatic heterocycles. The van der Waals surface area contributed by atoms with Gasteiger partial charge in [0.15, 0.2) is 0 Å². The molecule has 1 aromatic carbocycles. The molecule has 0 saturated heterocycles. The highest BCUT2D eigenvalue weighted by Crippen LogP contribution is 2.33. The summed E-state index contributed by atoms with van der Waals surface area (Å²) >= 11 is 7.35. The fourth-order valence-corrected chi connectivity index (χ4v) is 3.62. The standard InChI is InChI=1S/C20H20ClN3O3S/c1-20(2,19(25)26)28-16-7-5-14(6-8-16)11-24(12-15-4-3-9-27-15)18-10-17(21)22-13-23-18/h3-10,13H,11-12H2,1-2H3,(H,25,26). The van der Waals surface area contributed by atoms with Crippen LogP contribution in [0.4, 0.5) is 5.82 Å². The molecule has 0 spiro atoms. The summed E-state index contributed by atoms with van der Waals surface area (Å²) in [5.74, 6) is 0.666. The highest BCUT2D eigenvalue weighted by molar-refractivity contribution is 8.01. The first kappa shape index (κ1) is 20.2. The zero-order chi connectivity index (χ0) is 20.1. The van der Waals surface area contributed by atoms with Crippen LogP contribution < -0.4 is 4.90 Å². The third-order valence-electron chi connectivity index (χ3n) is 4.05. The Labute approximate surface area is 172 Å². The highest BCUT2D eigenvalue weighted by atomic mass is 35.5. The summed E-state index contributed by atoms with van der Waals surface area (Å²) in [7, 11) is 0. The number of thioether (sulfide) groups is 1. The molecule has 0 fully saturated rings. The van der Waals surface area contributed by atoms with Crippen molar-refractivity contribution in [3.05, 3.63) is 71.5 Å². The van der Waals surface area contributed by atoms with Gasteiger partial charge in [-0.25, -0.2) is 9.97 Å². The topological polar surface area (TPSA) is 79.5 Å². The average Bonchev–Trinajstić information content (AvgIpc) is 3.15. The Balaban J connectivity index is 1.78. The Hall–Kier alpha value is -2.51. The van der Waals surface area contributed by atoms with Crippen LogP contribution in [0.3, 0.4) is 0 Å². The van der Waals surface area contributed by atoms with E-state index in [1.165, 1.54) is 18.1 Å². The van der Waals surface area contributed by atoms with E-state index >= 15 is 0 Å². The van der Waals surface area contributed by atoms with Crippen LogP contribution in [0.5, 0.6) is 0 Å². The van der Waals surface area contributed by atoms with Crippen molar-refractivity contribution < 1.29 is 14.3 Å². The van der Waals surface area contributed by atoms with Crippen LogP contribution in [0.2, 0.25) is 5.15 Å². The second kappa shape index (κ2) is 8.67. The molecule has 0 bridgehead atoms. The van der Waals surface area contributed by atoms with Crippen molar-refractivity contribution in [2.24, 2.45) is 0 Å². The Morgan fingerprint density at radius 2 is 1.96 bits per heavy atom. The minimum atomic E-state index is -0.884. The van der Waals surface area contributed by atoms with E-state index < -0.39 is 10.7 Å². The molecule has 28 heavy (non-hydrogen) atoms. The van der Waals surface area contributed by atoms with Crippen molar-refractivity contribution in [1.82, 2.24) is 9.97 Å². The number of aromatic nitrogens is 2. The number of rotatable bonds is 8. The first-order valence-electron chi connectivity index (χ1n) is 8.60. The van der Waals surface area contributed by atoms with Gasteiger partial charge < -0.3 is 14.4 Å². The van der Waals surface area contributed by atoms with Gasteiger partial charge in [0.05, 0.1) is 12.8 Å². The molecule has 2 heterocycles. The number of carbonyl (C=O) groups is 1. The van der Waals surface area contributed by atoms with Gasteiger partial charge in [-0.3, -0.25) is 4.79 Å². The van der Waals surface area contributed by atoms with Crippen LogP contribution in [-0.4, -0.2) is 25.8 Å². The van der Waals surface area contributed by atoms with Gasteiger partial charge in [0.2, 0.25) is 0 Å². The van der Waals surface area contributed by atoms with Gasteiger partial charge in [-0.15, -0.1) is 11.8 Å². The maximum atomic E-state index is 11.3. The van der Waals surface area contributed by atoms with Crippen molar-refractivity contribution >= 4 is 35.1 Å². The van der Waals surface area contributed by atoms with Crippen LogP contribution in [0.15, 0.2) is 64.4 Å². The second-order valence-electron chi connectivity index (χ2n) is 6.70. The summed E-state index contributed by atoms with van der Waals surface area (Å²) in [5.41, 5.74) is 1.05. The molecule has 0 unspecified atom stereocenters. The molecule has 8 heteroatoms. The number of anilines is 1. The van der Waals surface area contributed by atoms with Gasteiger partial charge in [-0.05, 0) is 43.7 Å². The normalized spacial score (nSPS) is 11.4. The third-order valence-corrected chi connectivity index (χ3v) is 5.45. The summed E-state index contributed by atoms with van der Waals surface area (Å²) in [6.45, 7) is 4.50. The van der Waals surface area contributed by atoms with E-state index in [0.717, 1.165) is 16.2 Å². The molecule has 0 atom stereocenters. The molecule has 0 aliphatic rings. The summed E-state index contributed by atoms with van der Waals surface area (Å²) in [6.07, 6.45) is 3.07. The fraction of sp³-hybridized carbons (Fsp3) is 0.250. The fourth-order valence-electron chi connectivity index (χ4n) is 2.53. The number of furan rings is 1. The van der Waals surface area contributed by atoms with Crippen LogP contribution in [0.1, 0.15) is 25.2 Å². The van der Waals surface area contributed by atoms with E-state index in [2.05, 4.69) is 9.97 Å². The number of hydrogen-bond acceptors (Lipinski definition) is 6. The highest BCUT2D eigenvalue weighted by Gasteiger charge is 2.28. The van der Waals surface area contributed by atoms with Crippen molar-refractivity contribution in [3.63, 3.8) is 0 Å². The Bertz CT molecular complexity index is 930. The van der Waals surface area contributed by atoms with E-state index in [4.69, 9.17) is 16.0 Å². The lowest BCUT2D eigenvalue weighted by molar-refractivity contribution is -0.138. The number of halogens is 1. The number of hydrogen-bond donors (Lipinski definition) is 1. The van der Waals surface area contributed by atoms with Crippen LogP contribution in [0, 0.1) is 0 Å². The van der Waals surface area contributed by atoms with E-state index in [1.807, 2.05) is 41.3 Å². The summed E-state index contributed by atoms with van der Waals surface area (Å²) in [4.78, 5) is 22.5. The molecule has 3 aromatic rings. The van der Waals surface area contributed by atoms with Gasteiger partial charge in [-0.1, -0.05) is 23.7 Å². The Kier molecular flexibility index (Phi) is 6.26. The lowest BCUT2D eigenvalue weighted by Crippen LogP contribution is -2.26. The smallest absolute Gasteiger partial charge is 0.319 e. The maximum absolute atomic E-state index is 11.3. The SMILES string of the molecule is CC(C)(Sc1ccc(CN(Cc2ccco2)c2cc(Cl)ncn2)cc1)C(=O)O. The van der Waals surface area contributed by atoms with Crippen molar-refractivity contribution in [1.29, 1.82) is 0 Å². The summed E-state index contributed by atoms with van der Waals surface area (Å²) < 4.78 is 4.59. The number of carboxylic acids is 1. The number of nitrogens with zero attached hydrogens (tertiary/aromatic N) is 3. The number of carboxylic acid groups (broad SMARTS) is 1. The lowest BCUT2D eigenvalue weighted by Gasteiger charge is -2.23. The predicted molar refractivity (Wildman–Crippen MR) is 110 cm³/mol. The van der Waals surface area contributed by atoms with Gasteiger partial charge in [0.1, 0.15) is 27.8 Å². The molecule has 2 aromatic heterocycles. The molecule has 6 nitrogen and oxygen atoms in total. The van der Waals surface area contributed by atoms with Crippen LogP contribution in [0.25, 0.3) is 0 Å². The first-order chi connectivity index (χ1) is 13.3. The van der Waals surface area contributed by atoms with Crippen LogP contribution >= 0.6 is 23.4 Å². The predicted octanol–water partition coefficient (Wildman–Crippen LogP) is 4.89. The minimum Gasteiger partial charge on any atom is -0.480 e. The van der Waals surface area contributed by atoms with E-state index in [-0.39, 0.29) is 0 Å². The number of benzene rings is 1. The largest absolute Gasteiger partial charge is 0.480 e. The molecule has 0 radical (unpaired) electrons. The molecule has 146 valence electrons. The zero-order valence-corrected chi connectivity index (χ0v) is 17.1. The van der Waals surface area contributed by atoms with Gasteiger partial charge >= 0.3 is 5.97 Å². The Morgan fingerprint density at radius 1 is 1.21 bits per heavy atom. The van der Waals surface area contributed by atoms with E-state index in [9.17, 15) is 9.90 Å². The molecule has 1 N–H and O–H groups in total. The van der Waals surface area contributed by atoms with Gasteiger partial charge in [-0.2, -0.15) is 0 Å². The monoisotopic (exact) mass is 417 g/mol. The molecule has 0 aliphatic carbocycles. The second-order valence-corrected chi connectivity index (χ2v) is 8.78. The Morgan fingerprint density at radius 3 is 2.57 bits per heavy atom. The molecule has 3 rings (SSSR count). The molecule has 0 amide bonds. The minimum absolute atomic E-state index is 0.372. The molecular formula is C20H20ClN3O3S. The van der Waals surface area contributed by atoms with E-state index in [0.29, 0.717) is 24.1 Å². The maximum Gasteiger partial charge on any atom is 0.319 e. The van der Waals surface area contributed by atoms with E-state index in [1.54, 1.807) is 26.2 Å². The first-order valence-corrected chi connectivity index (χ1v) is 9.79. The third kappa shape index (κ3) is 5.27. The van der Waals surface area contributed by atoms with Crippen LogP contribution in [-0.2, 0) is 17.9 Å². The molecular weight excluding hydrogens is 398 g/mol. The lowest BCUT2D eigenvalue weighted by atomic mass is 10.2. The zero-order valence-electron chi connectivity index (χ0n) is 15.5. The summed E-state index contributed by atoms with van der Waals surface area (Å²) in [5, 5.41) is 9.66. The van der Waals surface area contributed by atoms with Gasteiger partial charge in [0, 0.05) is 17.5 Å². The number of aliphatic carboxylic acids is 1. The molecule has 0 saturated carbocycles. The van der Waals surface area contributed by atoms with Crippen molar-refractivity contribution in [2.75, 3.05) is 4.90 Å². The van der Waals surface area contributed by atoms with Crippen molar-refractivity contribution in [3.8, 4) is 0 Å². The average molecular weight is 418 g/mol. The quantitative estimate of drug-likeness (QED) is 0.413. The van der Waals surface area contributed by atoms with Gasteiger partial charge in [0.25, 0.3) is 0 Å². The summed E-state index contributed by atoms with van der Waals surface area (Å²) in [6, 6.07) is 13.3.